The van der Waals surface area contributed by atoms with Crippen LogP contribution < -0.4 is 15.5 Å². The summed E-state index contributed by atoms with van der Waals surface area (Å²) >= 11 is 0. The number of hydrogen-bond donors (Lipinski definition) is 2. The molecule has 34 heavy (non-hydrogen) atoms. The van der Waals surface area contributed by atoms with Crippen LogP contribution in [-0.4, -0.2) is 43.3 Å². The van der Waals surface area contributed by atoms with Gasteiger partial charge in [-0.15, -0.1) is 0 Å². The summed E-state index contributed by atoms with van der Waals surface area (Å²) in [6.07, 6.45) is -0.705. The van der Waals surface area contributed by atoms with Crippen LogP contribution in [0.4, 0.5) is 16.2 Å². The number of esters is 1. The first kappa shape index (κ1) is 26.7. The van der Waals surface area contributed by atoms with E-state index in [0.717, 1.165) is 5.69 Å². The van der Waals surface area contributed by atoms with Crippen LogP contribution in [-0.2, 0) is 14.3 Å². The largest absolute Gasteiger partial charge is 0.456 e. The number of hydrogen-bond acceptors (Lipinski definition) is 6. The van der Waals surface area contributed by atoms with Gasteiger partial charge in [0.25, 0.3) is 5.91 Å². The second kappa shape index (κ2) is 10.6. The SMILES string of the molecule is CN(C)c1cccc([C@H](NC(=O)OC(C)(C)C)C(=O)Nc2ccc(C(=O)OC(C)(C)C)cc2)c1. The van der Waals surface area contributed by atoms with Gasteiger partial charge in [-0.05, 0) is 83.5 Å². The lowest BCUT2D eigenvalue weighted by molar-refractivity contribution is -0.118. The predicted molar refractivity (Wildman–Crippen MR) is 133 cm³/mol. The Morgan fingerprint density at radius 1 is 0.853 bits per heavy atom. The third-order valence-electron chi connectivity index (χ3n) is 4.43. The maximum Gasteiger partial charge on any atom is 0.408 e. The van der Waals surface area contributed by atoms with Crippen molar-refractivity contribution in [1.82, 2.24) is 5.32 Å². The average molecular weight is 470 g/mol. The van der Waals surface area contributed by atoms with Crippen LogP contribution in [0.1, 0.15) is 63.5 Å². The quantitative estimate of drug-likeness (QED) is 0.584. The minimum Gasteiger partial charge on any atom is -0.456 e. The lowest BCUT2D eigenvalue weighted by atomic mass is 10.0. The van der Waals surface area contributed by atoms with Crippen LogP contribution in [0, 0.1) is 0 Å². The van der Waals surface area contributed by atoms with Gasteiger partial charge in [0.1, 0.15) is 17.2 Å². The number of rotatable bonds is 6. The third kappa shape index (κ3) is 8.42. The van der Waals surface area contributed by atoms with Gasteiger partial charge in [0.05, 0.1) is 5.56 Å². The molecule has 0 spiro atoms. The molecule has 2 N–H and O–H groups in total. The summed E-state index contributed by atoms with van der Waals surface area (Å²) in [5, 5.41) is 5.46. The van der Waals surface area contributed by atoms with E-state index in [0.29, 0.717) is 16.8 Å². The molecule has 8 heteroatoms. The zero-order valence-corrected chi connectivity index (χ0v) is 21.2. The van der Waals surface area contributed by atoms with E-state index in [1.54, 1.807) is 71.9 Å². The van der Waals surface area contributed by atoms with E-state index < -0.39 is 35.2 Å². The van der Waals surface area contributed by atoms with E-state index in [4.69, 9.17) is 9.47 Å². The van der Waals surface area contributed by atoms with Crippen molar-refractivity contribution in [2.75, 3.05) is 24.3 Å². The van der Waals surface area contributed by atoms with E-state index >= 15 is 0 Å². The van der Waals surface area contributed by atoms with Crippen LogP contribution in [0.15, 0.2) is 48.5 Å². The zero-order valence-electron chi connectivity index (χ0n) is 21.2. The molecule has 0 heterocycles. The van der Waals surface area contributed by atoms with Crippen molar-refractivity contribution in [1.29, 1.82) is 0 Å². The number of nitrogens with zero attached hydrogens (tertiary/aromatic N) is 1. The van der Waals surface area contributed by atoms with Crippen LogP contribution in [0.2, 0.25) is 0 Å². The standard InChI is InChI=1S/C26H35N3O5/c1-25(2,3)33-23(31)17-12-14-19(15-13-17)27-22(30)21(28-24(32)34-26(4,5)6)18-10-9-11-20(16-18)29(7)8/h9-16,21H,1-8H3,(H,27,30)(H,28,32)/t21-/m0/s1. The fourth-order valence-corrected chi connectivity index (χ4v) is 2.95. The molecule has 0 aliphatic carbocycles. The lowest BCUT2D eigenvalue weighted by Gasteiger charge is -2.24. The van der Waals surface area contributed by atoms with E-state index in [1.165, 1.54) is 0 Å². The molecule has 2 aromatic rings. The van der Waals surface area contributed by atoms with E-state index in [9.17, 15) is 14.4 Å². The molecule has 0 saturated heterocycles. The summed E-state index contributed by atoms with van der Waals surface area (Å²) in [4.78, 5) is 39.8. The van der Waals surface area contributed by atoms with Gasteiger partial charge in [0, 0.05) is 25.5 Å². The van der Waals surface area contributed by atoms with Crippen LogP contribution in [0.5, 0.6) is 0 Å². The van der Waals surface area contributed by atoms with Crippen molar-refractivity contribution in [3.8, 4) is 0 Å². The number of alkyl carbamates (subject to hydrolysis) is 1. The molecule has 8 nitrogen and oxygen atoms in total. The monoisotopic (exact) mass is 469 g/mol. The molecule has 1 atom stereocenters. The molecule has 184 valence electrons. The fraction of sp³-hybridized carbons (Fsp3) is 0.423. The van der Waals surface area contributed by atoms with Gasteiger partial charge in [-0.1, -0.05) is 12.1 Å². The predicted octanol–water partition coefficient (Wildman–Crippen LogP) is 4.91. The Morgan fingerprint density at radius 3 is 1.97 bits per heavy atom. The molecule has 0 aliphatic rings. The highest BCUT2D eigenvalue weighted by Crippen LogP contribution is 2.23. The number of nitrogens with one attached hydrogen (secondary N) is 2. The van der Waals surface area contributed by atoms with Crippen molar-refractivity contribution in [2.45, 2.75) is 58.8 Å². The van der Waals surface area contributed by atoms with E-state index in [1.807, 2.05) is 37.2 Å². The third-order valence-corrected chi connectivity index (χ3v) is 4.43. The summed E-state index contributed by atoms with van der Waals surface area (Å²) in [7, 11) is 3.78. The Hall–Kier alpha value is -3.55. The number of anilines is 2. The van der Waals surface area contributed by atoms with Gasteiger partial charge in [0.15, 0.2) is 0 Å². The fourth-order valence-electron chi connectivity index (χ4n) is 2.95. The normalized spacial score (nSPS) is 12.4. The highest BCUT2D eigenvalue weighted by atomic mass is 16.6. The number of carbonyl (C=O) groups excluding carboxylic acids is 3. The van der Waals surface area contributed by atoms with Gasteiger partial charge < -0.3 is 25.0 Å². The molecule has 0 bridgehead atoms. The molecule has 2 amide bonds. The minimum absolute atomic E-state index is 0.370. The Morgan fingerprint density at radius 2 is 1.44 bits per heavy atom. The van der Waals surface area contributed by atoms with E-state index in [-0.39, 0.29) is 0 Å². The van der Waals surface area contributed by atoms with Gasteiger partial charge in [-0.2, -0.15) is 0 Å². The Kier molecular flexibility index (Phi) is 8.31. The van der Waals surface area contributed by atoms with Crippen LogP contribution >= 0.6 is 0 Å². The van der Waals surface area contributed by atoms with Gasteiger partial charge >= 0.3 is 12.1 Å². The molecule has 2 aromatic carbocycles. The maximum absolute atomic E-state index is 13.2. The van der Waals surface area contributed by atoms with Crippen LogP contribution in [0.3, 0.4) is 0 Å². The summed E-state index contributed by atoms with van der Waals surface area (Å²) < 4.78 is 10.7. The molecule has 0 aliphatic heterocycles. The average Bonchev–Trinajstić information content (AvgIpc) is 2.70. The first-order chi connectivity index (χ1) is 15.6. The van der Waals surface area contributed by atoms with Crippen molar-refractivity contribution in [3.05, 3.63) is 59.7 Å². The maximum atomic E-state index is 13.2. The lowest BCUT2D eigenvalue weighted by Crippen LogP contribution is -2.40. The number of benzene rings is 2. The summed E-state index contributed by atoms with van der Waals surface area (Å²) in [6.45, 7) is 10.6. The first-order valence-electron chi connectivity index (χ1n) is 11.1. The molecular weight excluding hydrogens is 434 g/mol. The second-order valence-electron chi connectivity index (χ2n) is 10.1. The number of ether oxygens (including phenoxy) is 2. The number of amides is 2. The Labute approximate surface area is 201 Å². The van der Waals surface area contributed by atoms with Crippen molar-refractivity contribution < 1.29 is 23.9 Å². The van der Waals surface area contributed by atoms with Crippen molar-refractivity contribution in [2.24, 2.45) is 0 Å². The molecular formula is C26H35N3O5. The zero-order chi connectivity index (χ0) is 25.7. The van der Waals surface area contributed by atoms with Crippen molar-refractivity contribution in [3.63, 3.8) is 0 Å². The highest BCUT2D eigenvalue weighted by molar-refractivity contribution is 5.98. The Balaban J connectivity index is 2.25. The Bertz CT molecular complexity index is 1020. The number of carbonyl (C=O) groups is 3. The van der Waals surface area contributed by atoms with Crippen molar-refractivity contribution >= 4 is 29.3 Å². The molecule has 0 radical (unpaired) electrons. The van der Waals surface area contributed by atoms with Gasteiger partial charge in [-0.3, -0.25) is 4.79 Å². The van der Waals surface area contributed by atoms with Gasteiger partial charge in [0.2, 0.25) is 0 Å². The first-order valence-corrected chi connectivity index (χ1v) is 11.1. The molecule has 0 saturated carbocycles. The van der Waals surface area contributed by atoms with E-state index in [2.05, 4.69) is 10.6 Å². The topological polar surface area (TPSA) is 97.0 Å². The molecule has 0 aromatic heterocycles. The van der Waals surface area contributed by atoms with Gasteiger partial charge in [-0.25, -0.2) is 9.59 Å². The highest BCUT2D eigenvalue weighted by Gasteiger charge is 2.26. The molecule has 2 rings (SSSR count). The molecule has 0 unspecified atom stereocenters. The minimum atomic E-state index is -1.000. The van der Waals surface area contributed by atoms with Crippen LogP contribution in [0.25, 0.3) is 0 Å². The summed E-state index contributed by atoms with van der Waals surface area (Å²) in [5.74, 6) is -0.901. The summed E-state index contributed by atoms with van der Waals surface area (Å²) in [5.41, 5.74) is 0.995. The smallest absolute Gasteiger partial charge is 0.408 e. The second-order valence-corrected chi connectivity index (χ2v) is 10.1. The molecule has 0 fully saturated rings. The summed E-state index contributed by atoms with van der Waals surface area (Å²) in [6, 6.07) is 12.7.